The minimum absolute atomic E-state index is 0.196. The highest BCUT2D eigenvalue weighted by atomic mass is 32.1. The first-order valence-electron chi connectivity index (χ1n) is 9.93. The van der Waals surface area contributed by atoms with Gasteiger partial charge < -0.3 is 9.84 Å². The van der Waals surface area contributed by atoms with Crippen molar-refractivity contribution in [1.82, 2.24) is 4.98 Å². The molecule has 0 spiro atoms. The summed E-state index contributed by atoms with van der Waals surface area (Å²) in [7, 11) is 0. The molecule has 0 radical (unpaired) electrons. The Labute approximate surface area is 183 Å². The number of nitrogens with zero attached hydrogens (tertiary/aromatic N) is 1. The van der Waals surface area contributed by atoms with Crippen LogP contribution in [0.3, 0.4) is 0 Å². The Balaban J connectivity index is 1.68. The van der Waals surface area contributed by atoms with Gasteiger partial charge in [0.15, 0.2) is 0 Å². The lowest BCUT2D eigenvalue weighted by atomic mass is 10.0. The van der Waals surface area contributed by atoms with Gasteiger partial charge in [0.2, 0.25) is 0 Å². The maximum Gasteiger partial charge on any atom is 0.336 e. The fraction of sp³-hybridized carbons (Fsp3) is 0.0769. The highest BCUT2D eigenvalue weighted by Gasteiger charge is 2.19. The number of aryl methyl sites for hydroxylation is 1. The van der Waals surface area contributed by atoms with E-state index >= 15 is 0 Å². The largest absolute Gasteiger partial charge is 0.488 e. The van der Waals surface area contributed by atoms with Gasteiger partial charge in [-0.1, -0.05) is 54.6 Å². The van der Waals surface area contributed by atoms with Crippen LogP contribution in [-0.4, -0.2) is 16.1 Å². The van der Waals surface area contributed by atoms with Crippen molar-refractivity contribution in [2.75, 3.05) is 0 Å². The maximum atomic E-state index is 12.3. The number of hydrogen-bond acceptors (Lipinski definition) is 4. The van der Waals surface area contributed by atoms with E-state index in [2.05, 4.69) is 6.07 Å². The molecule has 0 atom stereocenters. The molecule has 5 rings (SSSR count). The molecule has 5 aromatic rings. The quantitative estimate of drug-likeness (QED) is 0.340. The third-order valence-corrected chi connectivity index (χ3v) is 6.31. The van der Waals surface area contributed by atoms with E-state index in [1.54, 1.807) is 17.4 Å². The summed E-state index contributed by atoms with van der Waals surface area (Å²) in [6.07, 6.45) is 0. The van der Waals surface area contributed by atoms with E-state index in [4.69, 9.17) is 9.72 Å². The van der Waals surface area contributed by atoms with Gasteiger partial charge in [0.05, 0.1) is 22.2 Å². The molecule has 0 bridgehead atoms. The molecule has 152 valence electrons. The molecule has 0 aliphatic carbocycles. The molecular weight excluding hydrogens is 406 g/mol. The zero-order valence-corrected chi connectivity index (χ0v) is 17.6. The number of carbonyl (C=O) groups is 1. The first-order valence-corrected chi connectivity index (χ1v) is 10.8. The Morgan fingerprint density at radius 3 is 2.61 bits per heavy atom. The van der Waals surface area contributed by atoms with E-state index in [1.807, 2.05) is 73.0 Å². The average Bonchev–Trinajstić information content (AvgIpc) is 3.23. The Bertz CT molecular complexity index is 1420. The van der Waals surface area contributed by atoms with Gasteiger partial charge in [-0.25, -0.2) is 9.78 Å². The van der Waals surface area contributed by atoms with Crippen molar-refractivity contribution in [3.8, 4) is 17.0 Å². The number of carboxylic acids is 1. The van der Waals surface area contributed by atoms with Gasteiger partial charge in [0, 0.05) is 21.0 Å². The third kappa shape index (κ3) is 3.53. The molecule has 31 heavy (non-hydrogen) atoms. The number of fused-ring (bicyclic) bond motifs is 2. The standard InChI is InChI=1S/C26H19NO3S/c1-16-11-12-22(30-14-17-7-3-2-4-8-17)24-19(26(28)29)13-21(27-25(16)24)20-15-31-23-10-6-5-9-18(20)23/h2-13,15H,14H2,1H3,(H,28,29). The van der Waals surface area contributed by atoms with Crippen molar-refractivity contribution in [2.45, 2.75) is 13.5 Å². The third-order valence-electron chi connectivity index (χ3n) is 5.35. The van der Waals surface area contributed by atoms with Crippen molar-refractivity contribution >= 4 is 38.3 Å². The van der Waals surface area contributed by atoms with Gasteiger partial charge >= 0.3 is 5.97 Å². The SMILES string of the molecule is Cc1ccc(OCc2ccccc2)c2c(C(=O)O)cc(-c3csc4ccccc34)nc12. The fourth-order valence-corrected chi connectivity index (χ4v) is 4.74. The van der Waals surface area contributed by atoms with Gasteiger partial charge in [-0.2, -0.15) is 0 Å². The number of hydrogen-bond donors (Lipinski definition) is 1. The molecule has 2 aromatic heterocycles. The molecule has 2 heterocycles. The Hall–Kier alpha value is -3.70. The Kier molecular flexibility index (Phi) is 4.88. The Morgan fingerprint density at radius 2 is 1.81 bits per heavy atom. The van der Waals surface area contributed by atoms with E-state index in [0.717, 1.165) is 26.8 Å². The second-order valence-corrected chi connectivity index (χ2v) is 8.30. The summed E-state index contributed by atoms with van der Waals surface area (Å²) in [4.78, 5) is 17.1. The predicted molar refractivity (Wildman–Crippen MR) is 125 cm³/mol. The molecular formula is C26H19NO3S. The van der Waals surface area contributed by atoms with Crippen LogP contribution in [0.2, 0.25) is 0 Å². The number of carboxylic acid groups (broad SMARTS) is 1. The molecule has 0 saturated heterocycles. The lowest BCUT2D eigenvalue weighted by Gasteiger charge is -2.14. The number of pyridine rings is 1. The first kappa shape index (κ1) is 19.3. The molecule has 0 amide bonds. The van der Waals surface area contributed by atoms with Crippen molar-refractivity contribution in [3.63, 3.8) is 0 Å². The first-order chi connectivity index (χ1) is 15.1. The van der Waals surface area contributed by atoms with Gasteiger partial charge in [-0.15, -0.1) is 11.3 Å². The van der Waals surface area contributed by atoms with Gasteiger partial charge in [0.25, 0.3) is 0 Å². The number of rotatable bonds is 5. The smallest absolute Gasteiger partial charge is 0.336 e. The van der Waals surface area contributed by atoms with Crippen LogP contribution in [-0.2, 0) is 6.61 Å². The highest BCUT2D eigenvalue weighted by molar-refractivity contribution is 7.17. The normalized spacial score (nSPS) is 11.1. The van der Waals surface area contributed by atoms with Crippen molar-refractivity contribution in [1.29, 1.82) is 0 Å². The monoisotopic (exact) mass is 425 g/mol. The van der Waals surface area contributed by atoms with Crippen molar-refractivity contribution in [3.05, 3.63) is 94.9 Å². The van der Waals surface area contributed by atoms with Gasteiger partial charge in [-0.05, 0) is 36.2 Å². The second-order valence-electron chi connectivity index (χ2n) is 7.38. The lowest BCUT2D eigenvalue weighted by Crippen LogP contribution is -2.04. The van der Waals surface area contributed by atoms with Crippen LogP contribution in [0.5, 0.6) is 5.75 Å². The number of ether oxygens (including phenoxy) is 1. The molecule has 4 nitrogen and oxygen atoms in total. The Morgan fingerprint density at radius 1 is 1.03 bits per heavy atom. The average molecular weight is 426 g/mol. The van der Waals surface area contributed by atoms with Crippen molar-refractivity contribution < 1.29 is 14.6 Å². The van der Waals surface area contributed by atoms with Gasteiger partial charge in [0.1, 0.15) is 12.4 Å². The molecule has 0 aliphatic heterocycles. The summed E-state index contributed by atoms with van der Waals surface area (Å²) in [5.74, 6) is -0.473. The number of thiophene rings is 1. The molecule has 0 fully saturated rings. The molecule has 5 heteroatoms. The summed E-state index contributed by atoms with van der Waals surface area (Å²) >= 11 is 1.63. The van der Waals surface area contributed by atoms with Crippen LogP contribution in [0.1, 0.15) is 21.5 Å². The molecule has 1 N–H and O–H groups in total. The molecule has 0 aliphatic rings. The zero-order chi connectivity index (χ0) is 21.4. The lowest BCUT2D eigenvalue weighted by molar-refractivity contribution is 0.0698. The summed E-state index contributed by atoms with van der Waals surface area (Å²) in [6.45, 7) is 2.30. The minimum atomic E-state index is -0.997. The van der Waals surface area contributed by atoms with E-state index in [9.17, 15) is 9.90 Å². The number of aromatic nitrogens is 1. The van der Waals surface area contributed by atoms with E-state index in [1.165, 1.54) is 0 Å². The molecule has 3 aromatic carbocycles. The summed E-state index contributed by atoms with van der Waals surface area (Å²) < 4.78 is 7.20. The van der Waals surface area contributed by atoms with Crippen LogP contribution in [0.25, 0.3) is 32.2 Å². The van der Waals surface area contributed by atoms with E-state index in [-0.39, 0.29) is 5.56 Å². The topological polar surface area (TPSA) is 59.4 Å². The molecule has 0 saturated carbocycles. The van der Waals surface area contributed by atoms with Crippen LogP contribution >= 0.6 is 11.3 Å². The van der Waals surface area contributed by atoms with E-state index in [0.29, 0.717) is 29.0 Å². The minimum Gasteiger partial charge on any atom is -0.488 e. The number of benzene rings is 3. The van der Waals surface area contributed by atoms with Crippen molar-refractivity contribution in [2.24, 2.45) is 0 Å². The second kappa shape index (κ2) is 7.85. The summed E-state index contributed by atoms with van der Waals surface area (Å²) in [5, 5.41) is 13.7. The highest BCUT2D eigenvalue weighted by Crippen LogP contribution is 2.37. The van der Waals surface area contributed by atoms with Crippen LogP contribution in [0, 0.1) is 6.92 Å². The van der Waals surface area contributed by atoms with Gasteiger partial charge in [-0.3, -0.25) is 0 Å². The van der Waals surface area contributed by atoms with Crippen LogP contribution in [0.4, 0.5) is 0 Å². The van der Waals surface area contributed by atoms with E-state index < -0.39 is 5.97 Å². The predicted octanol–water partition coefficient (Wildman–Crippen LogP) is 6.70. The summed E-state index contributed by atoms with van der Waals surface area (Å²) in [5.41, 5.74) is 4.37. The molecule has 0 unspecified atom stereocenters. The van der Waals surface area contributed by atoms with Crippen LogP contribution < -0.4 is 4.74 Å². The zero-order valence-electron chi connectivity index (χ0n) is 16.8. The summed E-state index contributed by atoms with van der Waals surface area (Å²) in [6, 6.07) is 23.3. The maximum absolute atomic E-state index is 12.3. The fourth-order valence-electron chi connectivity index (χ4n) is 3.78. The van der Waals surface area contributed by atoms with Crippen LogP contribution in [0.15, 0.2) is 78.2 Å². The number of aromatic carboxylic acids is 1.